The molecule has 1 heterocycles. The van der Waals surface area contributed by atoms with Gasteiger partial charge in [0.05, 0.1) is 12.1 Å². The Morgan fingerprint density at radius 3 is 3.29 bits per heavy atom. The first-order chi connectivity index (χ1) is 6.88. The number of azide groups is 1. The summed E-state index contributed by atoms with van der Waals surface area (Å²) in [5, 5.41) is 3.24. The quantitative estimate of drug-likeness (QED) is 0.231. The van der Waals surface area contributed by atoms with Gasteiger partial charge in [0, 0.05) is 22.9 Å². The first-order valence-corrected chi connectivity index (χ1v) is 3.77. The lowest BCUT2D eigenvalue weighted by molar-refractivity contribution is 0.112. The van der Waals surface area contributed by atoms with E-state index in [1.54, 1.807) is 6.07 Å². The number of rotatable bonds is 2. The highest BCUT2D eigenvalue weighted by Gasteiger charge is 1.95. The summed E-state index contributed by atoms with van der Waals surface area (Å²) < 4.78 is 0. The van der Waals surface area contributed by atoms with Crippen LogP contribution >= 0.6 is 0 Å². The lowest BCUT2D eigenvalue weighted by atomic mass is 10.1. The van der Waals surface area contributed by atoms with Crippen molar-refractivity contribution in [3.05, 3.63) is 40.0 Å². The van der Waals surface area contributed by atoms with Gasteiger partial charge in [-0.2, -0.15) is 0 Å². The molecule has 68 valence electrons. The molecule has 0 fully saturated rings. The van der Waals surface area contributed by atoms with Crippen molar-refractivity contribution >= 4 is 6.29 Å². The van der Waals surface area contributed by atoms with Crippen LogP contribution in [0.2, 0.25) is 0 Å². The topological polar surface area (TPSA) is 78.7 Å². The van der Waals surface area contributed by atoms with Gasteiger partial charge in [-0.3, -0.25) is 9.78 Å². The van der Waals surface area contributed by atoms with Crippen molar-refractivity contribution in [2.75, 3.05) is 6.54 Å². The molecule has 0 aliphatic rings. The van der Waals surface area contributed by atoms with Gasteiger partial charge in [0.2, 0.25) is 0 Å². The molecule has 0 radical (unpaired) electrons. The van der Waals surface area contributed by atoms with Crippen LogP contribution in [0.1, 0.15) is 15.9 Å². The maximum Gasteiger partial charge on any atom is 0.151 e. The molecule has 0 N–H and O–H groups in total. The van der Waals surface area contributed by atoms with Crippen molar-refractivity contribution in [1.29, 1.82) is 0 Å². The minimum atomic E-state index is 0.0870. The molecular weight excluding hydrogens is 180 g/mol. The minimum absolute atomic E-state index is 0.0870. The highest BCUT2D eigenvalue weighted by Crippen LogP contribution is 2.00. The molecule has 14 heavy (non-hydrogen) atoms. The van der Waals surface area contributed by atoms with Crippen LogP contribution in [-0.4, -0.2) is 17.8 Å². The van der Waals surface area contributed by atoms with Crippen molar-refractivity contribution < 1.29 is 4.79 Å². The summed E-state index contributed by atoms with van der Waals surface area (Å²) in [5.41, 5.74) is 9.00. The molecule has 0 atom stereocenters. The summed E-state index contributed by atoms with van der Waals surface area (Å²) in [6.07, 6.45) is 3.72. The molecule has 0 aliphatic heterocycles. The van der Waals surface area contributed by atoms with Gasteiger partial charge in [0.15, 0.2) is 6.29 Å². The Kier molecular flexibility index (Phi) is 3.74. The number of nitrogens with zero attached hydrogens (tertiary/aromatic N) is 4. The molecule has 0 bridgehead atoms. The van der Waals surface area contributed by atoms with Crippen molar-refractivity contribution in [2.45, 2.75) is 0 Å². The molecule has 0 saturated heterocycles. The van der Waals surface area contributed by atoms with E-state index < -0.39 is 0 Å². The number of carbonyl (C=O) groups excluding carboxylic acids is 1. The van der Waals surface area contributed by atoms with Crippen molar-refractivity contribution in [2.24, 2.45) is 5.11 Å². The van der Waals surface area contributed by atoms with E-state index in [9.17, 15) is 4.79 Å². The fourth-order valence-corrected chi connectivity index (χ4v) is 0.814. The standard InChI is InChI=1S/C9H6N4O/c10-13-12-4-1-2-8-6-11-5-3-9(8)7-14/h3,5-7H,4H2. The molecule has 5 heteroatoms. The van der Waals surface area contributed by atoms with Crippen LogP contribution in [0.5, 0.6) is 0 Å². The second-order valence-corrected chi connectivity index (χ2v) is 2.27. The van der Waals surface area contributed by atoms with Gasteiger partial charge >= 0.3 is 0 Å². The zero-order chi connectivity index (χ0) is 10.2. The van der Waals surface area contributed by atoms with Crippen LogP contribution in [0.15, 0.2) is 23.6 Å². The fraction of sp³-hybridized carbons (Fsp3) is 0.111. The third kappa shape index (κ3) is 2.63. The molecule has 0 aliphatic carbocycles. The van der Waals surface area contributed by atoms with Gasteiger partial charge in [0.1, 0.15) is 0 Å². The average Bonchev–Trinajstić information content (AvgIpc) is 2.25. The third-order valence-electron chi connectivity index (χ3n) is 1.42. The predicted octanol–water partition coefficient (Wildman–Crippen LogP) is 1.56. The highest BCUT2D eigenvalue weighted by atomic mass is 16.1. The number of hydrogen-bond acceptors (Lipinski definition) is 3. The van der Waals surface area contributed by atoms with Crippen LogP contribution in [0, 0.1) is 11.8 Å². The van der Waals surface area contributed by atoms with Crippen LogP contribution in [0.3, 0.4) is 0 Å². The zero-order valence-corrected chi connectivity index (χ0v) is 7.21. The Hall–Kier alpha value is -2.31. The first-order valence-electron chi connectivity index (χ1n) is 3.77. The lowest BCUT2D eigenvalue weighted by Gasteiger charge is -1.92. The monoisotopic (exact) mass is 186 g/mol. The number of aromatic nitrogens is 1. The lowest BCUT2D eigenvalue weighted by Crippen LogP contribution is -1.88. The molecule has 0 aromatic carbocycles. The summed E-state index contributed by atoms with van der Waals surface area (Å²) in [7, 11) is 0. The van der Waals surface area contributed by atoms with E-state index in [1.165, 1.54) is 12.4 Å². The van der Waals surface area contributed by atoms with E-state index in [-0.39, 0.29) is 6.54 Å². The fourth-order valence-electron chi connectivity index (χ4n) is 0.814. The van der Waals surface area contributed by atoms with Gasteiger partial charge in [-0.05, 0) is 11.6 Å². The van der Waals surface area contributed by atoms with E-state index in [4.69, 9.17) is 5.53 Å². The van der Waals surface area contributed by atoms with Crippen LogP contribution < -0.4 is 0 Å². The van der Waals surface area contributed by atoms with Gasteiger partial charge in [0.25, 0.3) is 0 Å². The Balaban J connectivity index is 2.88. The second kappa shape index (κ2) is 5.36. The first kappa shape index (κ1) is 9.78. The second-order valence-electron chi connectivity index (χ2n) is 2.27. The molecular formula is C9H6N4O. The Bertz CT molecular complexity index is 438. The largest absolute Gasteiger partial charge is 0.298 e. The molecule has 0 unspecified atom stereocenters. The number of aldehydes is 1. The van der Waals surface area contributed by atoms with Gasteiger partial charge in [-0.15, -0.1) is 0 Å². The van der Waals surface area contributed by atoms with Crippen molar-refractivity contribution in [1.82, 2.24) is 4.98 Å². The Labute approximate surface area is 80.4 Å². The number of hydrogen-bond donors (Lipinski definition) is 0. The van der Waals surface area contributed by atoms with Crippen LogP contribution in [-0.2, 0) is 0 Å². The smallest absolute Gasteiger partial charge is 0.151 e. The molecule has 0 amide bonds. The molecule has 0 spiro atoms. The molecule has 1 aromatic heterocycles. The van der Waals surface area contributed by atoms with Gasteiger partial charge in [-0.25, -0.2) is 0 Å². The molecule has 5 nitrogen and oxygen atoms in total. The van der Waals surface area contributed by atoms with Crippen molar-refractivity contribution in [3.63, 3.8) is 0 Å². The Morgan fingerprint density at radius 1 is 1.71 bits per heavy atom. The Morgan fingerprint density at radius 2 is 2.57 bits per heavy atom. The van der Waals surface area contributed by atoms with Gasteiger partial charge < -0.3 is 0 Å². The summed E-state index contributed by atoms with van der Waals surface area (Å²) in [4.78, 5) is 16.9. The third-order valence-corrected chi connectivity index (χ3v) is 1.42. The molecule has 0 saturated carbocycles. The maximum atomic E-state index is 10.5. The van der Waals surface area contributed by atoms with E-state index in [1.807, 2.05) is 0 Å². The SMILES string of the molecule is [N-]=[N+]=NCC#Cc1cnccc1C=O. The summed E-state index contributed by atoms with van der Waals surface area (Å²) in [6.45, 7) is 0.0870. The van der Waals surface area contributed by atoms with Crippen LogP contribution in [0.4, 0.5) is 0 Å². The minimum Gasteiger partial charge on any atom is -0.298 e. The summed E-state index contributed by atoms with van der Waals surface area (Å²) >= 11 is 0. The van der Waals surface area contributed by atoms with E-state index in [0.29, 0.717) is 17.4 Å². The zero-order valence-electron chi connectivity index (χ0n) is 7.21. The predicted molar refractivity (Wildman–Crippen MR) is 50.5 cm³/mol. The molecule has 1 aromatic rings. The van der Waals surface area contributed by atoms with Crippen LogP contribution in [0.25, 0.3) is 10.4 Å². The molecule has 1 rings (SSSR count). The number of carbonyl (C=O) groups is 1. The summed E-state index contributed by atoms with van der Waals surface area (Å²) in [6, 6.07) is 1.57. The average molecular weight is 186 g/mol. The van der Waals surface area contributed by atoms with E-state index >= 15 is 0 Å². The highest BCUT2D eigenvalue weighted by molar-refractivity contribution is 5.78. The van der Waals surface area contributed by atoms with E-state index in [2.05, 4.69) is 26.9 Å². The van der Waals surface area contributed by atoms with Gasteiger partial charge in [-0.1, -0.05) is 17.0 Å². The van der Waals surface area contributed by atoms with E-state index in [0.717, 1.165) is 0 Å². The van der Waals surface area contributed by atoms with Crippen molar-refractivity contribution in [3.8, 4) is 11.8 Å². The normalized spacial score (nSPS) is 8.00. The summed E-state index contributed by atoms with van der Waals surface area (Å²) in [5.74, 6) is 5.30. The maximum absolute atomic E-state index is 10.5. The number of pyridine rings is 1.